The van der Waals surface area contributed by atoms with Crippen LogP contribution in [0.1, 0.15) is 24.5 Å². The van der Waals surface area contributed by atoms with Crippen LogP contribution in [0.3, 0.4) is 0 Å². The maximum absolute atomic E-state index is 10.4. The summed E-state index contributed by atoms with van der Waals surface area (Å²) in [5.41, 5.74) is 3.62. The van der Waals surface area contributed by atoms with Crippen LogP contribution in [-0.2, 0) is 16.7 Å². The van der Waals surface area contributed by atoms with Crippen LogP contribution >= 0.6 is 0 Å². The standard InChI is InChI=1S/C13H16N.C7H8O3S/c1-3-9-14-10-8-11(2)12-6-4-5-7-13(12)14;1-6-2-4-7(5-3-6)11(8,9)10/h4-8,10H,3,9H2,1-2H3;2-5H,1H3,(H,8,9,10)/q+1;/p-1. The number of pyridine rings is 1. The molecule has 0 spiro atoms. The summed E-state index contributed by atoms with van der Waals surface area (Å²) < 4.78 is 33.5. The molecule has 1 aromatic heterocycles. The molecule has 132 valence electrons. The molecule has 4 nitrogen and oxygen atoms in total. The average Bonchev–Trinajstić information content (AvgIpc) is 2.58. The van der Waals surface area contributed by atoms with Crippen LogP contribution in [0.15, 0.2) is 65.7 Å². The van der Waals surface area contributed by atoms with Gasteiger partial charge >= 0.3 is 0 Å². The quantitative estimate of drug-likeness (QED) is 0.530. The average molecular weight is 357 g/mol. The number of rotatable bonds is 3. The molecular weight excluding hydrogens is 334 g/mol. The minimum atomic E-state index is -4.27. The minimum Gasteiger partial charge on any atom is -0.744 e. The van der Waals surface area contributed by atoms with E-state index >= 15 is 0 Å². The van der Waals surface area contributed by atoms with E-state index in [1.165, 1.54) is 35.0 Å². The molecule has 0 fully saturated rings. The third kappa shape index (κ3) is 5.11. The maximum atomic E-state index is 10.4. The Balaban J connectivity index is 0.000000186. The Morgan fingerprint density at radius 2 is 1.60 bits per heavy atom. The van der Waals surface area contributed by atoms with Gasteiger partial charge in [0.2, 0.25) is 5.52 Å². The molecule has 0 saturated carbocycles. The molecule has 2 aromatic carbocycles. The van der Waals surface area contributed by atoms with Crippen LogP contribution in [0.5, 0.6) is 0 Å². The molecule has 3 rings (SSSR count). The highest BCUT2D eigenvalue weighted by Gasteiger charge is 2.07. The molecule has 0 amide bonds. The van der Waals surface area contributed by atoms with Gasteiger partial charge < -0.3 is 4.55 Å². The second-order valence-corrected chi connectivity index (χ2v) is 7.36. The van der Waals surface area contributed by atoms with Gasteiger partial charge in [0.25, 0.3) is 0 Å². The molecule has 0 aliphatic rings. The van der Waals surface area contributed by atoms with Gasteiger partial charge in [-0.2, -0.15) is 4.57 Å². The summed E-state index contributed by atoms with van der Waals surface area (Å²) in [6.07, 6.45) is 3.36. The molecule has 0 N–H and O–H groups in total. The fourth-order valence-electron chi connectivity index (χ4n) is 2.57. The zero-order chi connectivity index (χ0) is 18.4. The second-order valence-electron chi connectivity index (χ2n) is 5.98. The number of aromatic nitrogens is 1. The molecule has 5 heteroatoms. The van der Waals surface area contributed by atoms with Crippen molar-refractivity contribution in [2.24, 2.45) is 0 Å². The minimum absolute atomic E-state index is 0.178. The summed E-state index contributed by atoms with van der Waals surface area (Å²) in [5, 5.41) is 1.36. The lowest BCUT2D eigenvalue weighted by molar-refractivity contribution is -0.671. The summed E-state index contributed by atoms with van der Waals surface area (Å²) in [7, 11) is -4.27. The normalized spacial score (nSPS) is 11.0. The highest BCUT2D eigenvalue weighted by atomic mass is 32.2. The van der Waals surface area contributed by atoms with E-state index in [-0.39, 0.29) is 4.90 Å². The first-order valence-corrected chi connectivity index (χ1v) is 9.64. The van der Waals surface area contributed by atoms with Gasteiger partial charge in [0.05, 0.1) is 4.90 Å². The van der Waals surface area contributed by atoms with Crippen molar-refractivity contribution in [1.82, 2.24) is 0 Å². The first kappa shape index (κ1) is 19.1. The fourth-order valence-corrected chi connectivity index (χ4v) is 3.04. The van der Waals surface area contributed by atoms with Crippen LogP contribution in [-0.4, -0.2) is 13.0 Å². The Labute approximate surface area is 149 Å². The number of fused-ring (bicyclic) bond motifs is 1. The molecular formula is C20H23NO3S. The largest absolute Gasteiger partial charge is 0.744 e. The van der Waals surface area contributed by atoms with Gasteiger partial charge in [0.15, 0.2) is 6.20 Å². The van der Waals surface area contributed by atoms with Gasteiger partial charge in [0.1, 0.15) is 16.7 Å². The number of aryl methyl sites for hydroxylation is 3. The smallest absolute Gasteiger partial charge is 0.212 e. The number of hydrogen-bond acceptors (Lipinski definition) is 3. The van der Waals surface area contributed by atoms with Crippen molar-refractivity contribution >= 4 is 21.0 Å². The van der Waals surface area contributed by atoms with Crippen molar-refractivity contribution in [3.8, 4) is 0 Å². The van der Waals surface area contributed by atoms with Crippen LogP contribution in [0.25, 0.3) is 10.9 Å². The third-order valence-electron chi connectivity index (χ3n) is 3.92. The second kappa shape index (κ2) is 8.23. The van der Waals surface area contributed by atoms with E-state index in [1.807, 2.05) is 6.92 Å². The molecule has 0 atom stereocenters. The lowest BCUT2D eigenvalue weighted by Gasteiger charge is -2.05. The highest BCUT2D eigenvalue weighted by molar-refractivity contribution is 7.85. The van der Waals surface area contributed by atoms with E-state index in [0.717, 1.165) is 12.1 Å². The van der Waals surface area contributed by atoms with Gasteiger partial charge in [-0.15, -0.1) is 0 Å². The summed E-state index contributed by atoms with van der Waals surface area (Å²) in [6.45, 7) is 7.29. The molecule has 25 heavy (non-hydrogen) atoms. The predicted molar refractivity (Wildman–Crippen MR) is 98.3 cm³/mol. The van der Waals surface area contributed by atoms with Crippen molar-refractivity contribution in [2.75, 3.05) is 0 Å². The molecule has 0 bridgehead atoms. The molecule has 0 unspecified atom stereocenters. The van der Waals surface area contributed by atoms with Crippen molar-refractivity contribution in [3.63, 3.8) is 0 Å². The predicted octanol–water partition coefficient (Wildman–Crippen LogP) is 3.74. The first-order chi connectivity index (χ1) is 11.8. The SMILES string of the molecule is CCC[n+]1ccc(C)c2ccccc21.Cc1ccc(S(=O)(=O)[O-])cc1. The number of nitrogens with zero attached hydrogens (tertiary/aromatic N) is 1. The zero-order valence-corrected chi connectivity index (χ0v) is 15.6. The Bertz CT molecular complexity index is 948. The molecule has 0 aliphatic carbocycles. The lowest BCUT2D eigenvalue weighted by atomic mass is 10.1. The summed E-state index contributed by atoms with van der Waals surface area (Å²) in [5.74, 6) is 0. The van der Waals surface area contributed by atoms with Crippen molar-refractivity contribution in [3.05, 3.63) is 71.9 Å². The van der Waals surface area contributed by atoms with E-state index in [0.29, 0.717) is 0 Å². The number of hydrogen-bond donors (Lipinski definition) is 0. The molecule has 0 saturated heterocycles. The lowest BCUT2D eigenvalue weighted by Crippen LogP contribution is -2.33. The van der Waals surface area contributed by atoms with Gasteiger partial charge in [-0.1, -0.05) is 36.8 Å². The van der Waals surface area contributed by atoms with Crippen LogP contribution in [0.4, 0.5) is 0 Å². The Morgan fingerprint density at radius 1 is 0.960 bits per heavy atom. The van der Waals surface area contributed by atoms with Gasteiger partial charge in [-0.3, -0.25) is 0 Å². The van der Waals surface area contributed by atoms with E-state index in [1.54, 1.807) is 12.1 Å². The topological polar surface area (TPSA) is 61.1 Å². The third-order valence-corrected chi connectivity index (χ3v) is 4.77. The number of benzene rings is 2. The van der Waals surface area contributed by atoms with Crippen LogP contribution in [0.2, 0.25) is 0 Å². The fraction of sp³-hybridized carbons (Fsp3) is 0.250. The van der Waals surface area contributed by atoms with Crippen LogP contribution < -0.4 is 4.57 Å². The Hall–Kier alpha value is -2.24. The zero-order valence-electron chi connectivity index (χ0n) is 14.8. The first-order valence-electron chi connectivity index (χ1n) is 8.23. The Morgan fingerprint density at radius 3 is 2.20 bits per heavy atom. The number of para-hydroxylation sites is 1. The van der Waals surface area contributed by atoms with Gasteiger partial charge in [-0.25, -0.2) is 8.42 Å². The monoisotopic (exact) mass is 357 g/mol. The van der Waals surface area contributed by atoms with Crippen molar-refractivity contribution in [2.45, 2.75) is 38.6 Å². The van der Waals surface area contributed by atoms with E-state index in [9.17, 15) is 13.0 Å². The van der Waals surface area contributed by atoms with E-state index in [2.05, 4.69) is 54.9 Å². The highest BCUT2D eigenvalue weighted by Crippen LogP contribution is 2.13. The molecule has 0 radical (unpaired) electrons. The molecule has 0 aliphatic heterocycles. The maximum Gasteiger partial charge on any atom is 0.212 e. The van der Waals surface area contributed by atoms with E-state index in [4.69, 9.17) is 0 Å². The van der Waals surface area contributed by atoms with Gasteiger partial charge in [-0.05, 0) is 37.6 Å². The van der Waals surface area contributed by atoms with Crippen molar-refractivity contribution in [1.29, 1.82) is 0 Å². The van der Waals surface area contributed by atoms with E-state index < -0.39 is 10.1 Å². The van der Waals surface area contributed by atoms with Crippen LogP contribution in [0, 0.1) is 13.8 Å². The molecule has 3 aromatic rings. The molecule has 1 heterocycles. The van der Waals surface area contributed by atoms with Crippen molar-refractivity contribution < 1.29 is 17.5 Å². The summed E-state index contributed by atoms with van der Waals surface area (Å²) in [6, 6.07) is 16.6. The summed E-state index contributed by atoms with van der Waals surface area (Å²) in [4.78, 5) is -0.178. The van der Waals surface area contributed by atoms with Gasteiger partial charge in [0, 0.05) is 23.9 Å². The summed E-state index contributed by atoms with van der Waals surface area (Å²) >= 11 is 0. The Kier molecular flexibility index (Phi) is 6.28.